The third-order valence-corrected chi connectivity index (χ3v) is 5.34. The largest absolute Gasteiger partial charge is 0.483 e. The second-order valence-electron chi connectivity index (χ2n) is 6.23. The van der Waals surface area contributed by atoms with Crippen molar-refractivity contribution >= 4 is 40.1 Å². The van der Waals surface area contributed by atoms with E-state index in [2.05, 4.69) is 27.9 Å². The maximum Gasteiger partial charge on any atom is 0.260 e. The molecule has 0 aliphatic carbocycles. The van der Waals surface area contributed by atoms with Crippen LogP contribution >= 0.6 is 22.6 Å². The number of ether oxygens (including phenoxy) is 1. The highest BCUT2D eigenvalue weighted by molar-refractivity contribution is 14.1. The standard InChI is InChI=1S/C20H21IN2O3/c21-17-8-4-5-9-18(17)26-14-19(24)23-12-10-15(11-13-23)20(25)22-16-6-2-1-3-7-16/h1-9,15H,10-14H2,(H,22,25). The highest BCUT2D eigenvalue weighted by Gasteiger charge is 2.27. The van der Waals surface area contributed by atoms with Crippen molar-refractivity contribution in [1.29, 1.82) is 0 Å². The average molecular weight is 464 g/mol. The van der Waals surface area contributed by atoms with Crippen molar-refractivity contribution in [3.8, 4) is 5.75 Å². The lowest BCUT2D eigenvalue weighted by atomic mass is 9.95. The number of nitrogens with zero attached hydrogens (tertiary/aromatic N) is 1. The molecule has 1 heterocycles. The quantitative estimate of drug-likeness (QED) is 0.689. The van der Waals surface area contributed by atoms with E-state index in [9.17, 15) is 9.59 Å². The van der Waals surface area contributed by atoms with Crippen LogP contribution in [0.3, 0.4) is 0 Å². The van der Waals surface area contributed by atoms with Gasteiger partial charge in [-0.25, -0.2) is 0 Å². The van der Waals surface area contributed by atoms with Crippen LogP contribution in [0.25, 0.3) is 0 Å². The molecule has 2 aromatic carbocycles. The van der Waals surface area contributed by atoms with Crippen molar-refractivity contribution < 1.29 is 14.3 Å². The number of para-hydroxylation sites is 2. The van der Waals surface area contributed by atoms with Gasteiger partial charge in [-0.1, -0.05) is 30.3 Å². The van der Waals surface area contributed by atoms with Crippen molar-refractivity contribution in [2.45, 2.75) is 12.8 Å². The molecule has 2 aromatic rings. The highest BCUT2D eigenvalue weighted by Crippen LogP contribution is 2.21. The van der Waals surface area contributed by atoms with Crippen LogP contribution in [-0.2, 0) is 9.59 Å². The van der Waals surface area contributed by atoms with Gasteiger partial charge >= 0.3 is 0 Å². The van der Waals surface area contributed by atoms with Crippen molar-refractivity contribution in [2.24, 2.45) is 5.92 Å². The van der Waals surface area contributed by atoms with Crippen LogP contribution in [-0.4, -0.2) is 36.4 Å². The van der Waals surface area contributed by atoms with E-state index in [1.54, 1.807) is 4.90 Å². The molecule has 0 radical (unpaired) electrons. The zero-order valence-electron chi connectivity index (χ0n) is 14.4. The van der Waals surface area contributed by atoms with Gasteiger partial charge in [-0.05, 0) is 59.7 Å². The van der Waals surface area contributed by atoms with Gasteiger partial charge in [0.05, 0.1) is 3.57 Å². The minimum absolute atomic E-state index is 0.0263. The van der Waals surface area contributed by atoms with Gasteiger partial charge in [0.2, 0.25) is 5.91 Å². The average Bonchev–Trinajstić information content (AvgIpc) is 2.68. The van der Waals surface area contributed by atoms with Gasteiger partial charge in [-0.2, -0.15) is 0 Å². The first-order chi connectivity index (χ1) is 12.6. The van der Waals surface area contributed by atoms with Gasteiger partial charge in [-0.3, -0.25) is 9.59 Å². The molecule has 136 valence electrons. The zero-order valence-corrected chi connectivity index (χ0v) is 16.5. The van der Waals surface area contributed by atoms with Crippen molar-refractivity contribution in [1.82, 2.24) is 4.90 Å². The Morgan fingerprint density at radius 1 is 1.04 bits per heavy atom. The number of carbonyl (C=O) groups excluding carboxylic acids is 2. The predicted octanol–water partition coefficient (Wildman–Crippen LogP) is 3.55. The molecule has 1 aliphatic heterocycles. The summed E-state index contributed by atoms with van der Waals surface area (Å²) in [5.41, 5.74) is 0.807. The molecule has 1 aliphatic rings. The van der Waals surface area contributed by atoms with Crippen LogP contribution in [0.4, 0.5) is 5.69 Å². The number of anilines is 1. The van der Waals surface area contributed by atoms with Crippen LogP contribution in [0, 0.1) is 9.49 Å². The zero-order chi connectivity index (χ0) is 18.4. The Balaban J connectivity index is 1.45. The van der Waals surface area contributed by atoms with E-state index < -0.39 is 0 Å². The number of hydrogen-bond acceptors (Lipinski definition) is 3. The van der Waals surface area contributed by atoms with Crippen LogP contribution in [0.2, 0.25) is 0 Å². The normalized spacial score (nSPS) is 14.7. The molecule has 0 atom stereocenters. The topological polar surface area (TPSA) is 58.6 Å². The first-order valence-corrected chi connectivity index (χ1v) is 9.72. The van der Waals surface area contributed by atoms with Gasteiger partial charge in [-0.15, -0.1) is 0 Å². The molecule has 3 rings (SSSR count). The van der Waals surface area contributed by atoms with Crippen molar-refractivity contribution in [3.63, 3.8) is 0 Å². The SMILES string of the molecule is O=C(Nc1ccccc1)C1CCN(C(=O)COc2ccccc2I)CC1. The van der Waals surface area contributed by atoms with E-state index in [0.29, 0.717) is 25.9 Å². The Kier molecular flexibility index (Phi) is 6.49. The van der Waals surface area contributed by atoms with E-state index in [1.165, 1.54) is 0 Å². The fraction of sp³-hybridized carbons (Fsp3) is 0.300. The van der Waals surface area contributed by atoms with E-state index >= 15 is 0 Å². The Morgan fingerprint density at radius 3 is 2.38 bits per heavy atom. The molecular weight excluding hydrogens is 443 g/mol. The number of likely N-dealkylation sites (tertiary alicyclic amines) is 1. The number of halogens is 1. The highest BCUT2D eigenvalue weighted by atomic mass is 127. The molecule has 1 saturated heterocycles. The Bertz CT molecular complexity index is 759. The second kappa shape index (κ2) is 9.02. The Hall–Kier alpha value is -2.09. The number of benzene rings is 2. The minimum atomic E-state index is -0.0600. The van der Waals surface area contributed by atoms with Gasteiger partial charge in [0, 0.05) is 24.7 Å². The van der Waals surface area contributed by atoms with Gasteiger partial charge in [0.25, 0.3) is 5.91 Å². The molecule has 2 amide bonds. The number of rotatable bonds is 5. The summed E-state index contributed by atoms with van der Waals surface area (Å²) in [5.74, 6) is 0.652. The van der Waals surface area contributed by atoms with E-state index in [-0.39, 0.29) is 24.3 Å². The number of carbonyl (C=O) groups is 2. The summed E-state index contributed by atoms with van der Waals surface area (Å²) in [6.45, 7) is 1.20. The molecule has 1 N–H and O–H groups in total. The molecule has 5 nitrogen and oxygen atoms in total. The first kappa shape index (κ1) is 18.7. The van der Waals surface area contributed by atoms with Crippen molar-refractivity contribution in [2.75, 3.05) is 25.0 Å². The third-order valence-electron chi connectivity index (χ3n) is 4.45. The summed E-state index contributed by atoms with van der Waals surface area (Å²) in [6.07, 6.45) is 1.35. The fourth-order valence-electron chi connectivity index (χ4n) is 2.95. The van der Waals surface area contributed by atoms with E-state index in [4.69, 9.17) is 4.74 Å². The summed E-state index contributed by atoms with van der Waals surface area (Å²) < 4.78 is 6.61. The molecule has 26 heavy (non-hydrogen) atoms. The molecule has 0 spiro atoms. The number of piperidine rings is 1. The molecule has 6 heteroatoms. The molecular formula is C20H21IN2O3. The molecule has 0 bridgehead atoms. The molecule has 1 fully saturated rings. The lowest BCUT2D eigenvalue weighted by Crippen LogP contribution is -2.43. The third kappa shape index (κ3) is 4.97. The fourth-order valence-corrected chi connectivity index (χ4v) is 3.49. The van der Waals surface area contributed by atoms with Crippen LogP contribution < -0.4 is 10.1 Å². The van der Waals surface area contributed by atoms with Gasteiger partial charge in [0.15, 0.2) is 6.61 Å². The summed E-state index contributed by atoms with van der Waals surface area (Å²) >= 11 is 2.19. The van der Waals surface area contributed by atoms with Crippen LogP contribution in [0.5, 0.6) is 5.75 Å². The minimum Gasteiger partial charge on any atom is -0.483 e. The smallest absolute Gasteiger partial charge is 0.260 e. The summed E-state index contributed by atoms with van der Waals surface area (Å²) in [7, 11) is 0. The molecule has 0 unspecified atom stereocenters. The van der Waals surface area contributed by atoms with Gasteiger partial charge in [0.1, 0.15) is 5.75 Å². The lowest BCUT2D eigenvalue weighted by molar-refractivity contribution is -0.136. The number of amides is 2. The maximum absolute atomic E-state index is 12.4. The first-order valence-electron chi connectivity index (χ1n) is 8.64. The second-order valence-corrected chi connectivity index (χ2v) is 7.39. The number of nitrogens with one attached hydrogen (secondary N) is 1. The Morgan fingerprint density at radius 2 is 1.69 bits per heavy atom. The summed E-state index contributed by atoms with van der Waals surface area (Å²) in [6, 6.07) is 17.1. The van der Waals surface area contributed by atoms with Crippen LogP contribution in [0.15, 0.2) is 54.6 Å². The number of hydrogen-bond donors (Lipinski definition) is 1. The van der Waals surface area contributed by atoms with Crippen molar-refractivity contribution in [3.05, 3.63) is 58.2 Å². The maximum atomic E-state index is 12.4. The lowest BCUT2D eigenvalue weighted by Gasteiger charge is -2.31. The molecule has 0 aromatic heterocycles. The molecule has 0 saturated carbocycles. The Labute approximate surface area is 166 Å². The van der Waals surface area contributed by atoms with Crippen LogP contribution in [0.1, 0.15) is 12.8 Å². The van der Waals surface area contributed by atoms with E-state index in [1.807, 2.05) is 54.6 Å². The van der Waals surface area contributed by atoms with Gasteiger partial charge < -0.3 is 15.0 Å². The predicted molar refractivity (Wildman–Crippen MR) is 109 cm³/mol. The summed E-state index contributed by atoms with van der Waals surface area (Å²) in [4.78, 5) is 26.5. The summed E-state index contributed by atoms with van der Waals surface area (Å²) in [5, 5.41) is 2.94. The monoisotopic (exact) mass is 464 g/mol. The van der Waals surface area contributed by atoms with E-state index in [0.717, 1.165) is 15.0 Å².